The summed E-state index contributed by atoms with van der Waals surface area (Å²) in [5, 5.41) is 20.1. The molecule has 0 aliphatic rings. The number of nitro groups is 1. The zero-order chi connectivity index (χ0) is 16.4. The van der Waals surface area contributed by atoms with Crippen molar-refractivity contribution in [3.63, 3.8) is 0 Å². The SMILES string of the molecule is CN(C(C)(CN)C(=O)O)S(=O)(=O)c1ccccc1[N+](=O)[O-]. The van der Waals surface area contributed by atoms with Crippen LogP contribution in [0, 0.1) is 10.1 Å². The van der Waals surface area contributed by atoms with Gasteiger partial charge in [-0.1, -0.05) is 12.1 Å². The summed E-state index contributed by atoms with van der Waals surface area (Å²) < 4.78 is 25.5. The van der Waals surface area contributed by atoms with Crippen molar-refractivity contribution in [3.05, 3.63) is 34.4 Å². The fourth-order valence-electron chi connectivity index (χ4n) is 1.59. The van der Waals surface area contributed by atoms with Gasteiger partial charge in [0.15, 0.2) is 4.90 Å². The van der Waals surface area contributed by atoms with E-state index >= 15 is 0 Å². The van der Waals surface area contributed by atoms with Crippen LogP contribution in [0.25, 0.3) is 0 Å². The number of carboxylic acid groups (broad SMARTS) is 1. The van der Waals surface area contributed by atoms with Crippen molar-refractivity contribution in [2.45, 2.75) is 17.4 Å². The van der Waals surface area contributed by atoms with Crippen LogP contribution in [0.1, 0.15) is 6.92 Å². The van der Waals surface area contributed by atoms with Gasteiger partial charge in [-0.25, -0.2) is 8.42 Å². The summed E-state index contributed by atoms with van der Waals surface area (Å²) in [5.74, 6) is -1.45. The van der Waals surface area contributed by atoms with Crippen molar-refractivity contribution in [1.82, 2.24) is 4.31 Å². The number of likely N-dealkylation sites (N-methyl/N-ethyl adjacent to an activating group) is 1. The molecule has 1 aromatic carbocycles. The standard InChI is InChI=1S/C11H15N3O6S/c1-11(7-12,10(15)16)13(2)21(19,20)9-6-4-3-5-8(9)14(17)18/h3-6H,7,12H2,1-2H3,(H,15,16). The Morgan fingerprint density at radius 2 is 2.00 bits per heavy atom. The number of aliphatic carboxylic acids is 1. The Labute approximate surface area is 121 Å². The van der Waals surface area contributed by atoms with E-state index in [2.05, 4.69) is 0 Å². The van der Waals surface area contributed by atoms with E-state index < -0.39 is 43.6 Å². The summed E-state index contributed by atoms with van der Waals surface area (Å²) >= 11 is 0. The molecule has 21 heavy (non-hydrogen) atoms. The maximum Gasteiger partial charge on any atom is 0.326 e. The van der Waals surface area contributed by atoms with Crippen molar-refractivity contribution in [1.29, 1.82) is 0 Å². The molecule has 0 bridgehead atoms. The van der Waals surface area contributed by atoms with E-state index in [0.717, 1.165) is 26.1 Å². The van der Waals surface area contributed by atoms with Gasteiger partial charge in [-0.3, -0.25) is 14.9 Å². The molecule has 0 aliphatic carbocycles. The van der Waals surface area contributed by atoms with Crippen molar-refractivity contribution < 1.29 is 23.2 Å². The van der Waals surface area contributed by atoms with Crippen molar-refractivity contribution >= 4 is 21.7 Å². The Morgan fingerprint density at radius 1 is 1.48 bits per heavy atom. The molecule has 10 heteroatoms. The summed E-state index contributed by atoms with van der Waals surface area (Å²) in [5.41, 5.74) is 2.82. The molecule has 116 valence electrons. The van der Waals surface area contributed by atoms with Crippen LogP contribution in [0.3, 0.4) is 0 Å². The summed E-state index contributed by atoms with van der Waals surface area (Å²) in [6.07, 6.45) is 0. The molecule has 1 rings (SSSR count). The molecule has 0 heterocycles. The van der Waals surface area contributed by atoms with Gasteiger partial charge >= 0.3 is 5.97 Å². The predicted molar refractivity (Wildman–Crippen MR) is 73.1 cm³/mol. The lowest BCUT2D eigenvalue weighted by Crippen LogP contribution is -2.57. The first-order valence-corrected chi connectivity index (χ1v) is 7.19. The van der Waals surface area contributed by atoms with Gasteiger partial charge in [0.2, 0.25) is 0 Å². The first-order chi connectivity index (χ1) is 9.59. The highest BCUT2D eigenvalue weighted by molar-refractivity contribution is 7.89. The molecule has 0 spiro atoms. The number of para-hydroxylation sites is 1. The van der Waals surface area contributed by atoms with E-state index in [0.29, 0.717) is 4.31 Å². The molecule has 0 saturated heterocycles. The second kappa shape index (κ2) is 5.76. The van der Waals surface area contributed by atoms with Gasteiger partial charge < -0.3 is 10.8 Å². The first kappa shape index (κ1) is 17.0. The molecule has 0 radical (unpaired) electrons. The van der Waals surface area contributed by atoms with Gasteiger partial charge in [-0.2, -0.15) is 4.31 Å². The average Bonchev–Trinajstić information content (AvgIpc) is 2.45. The summed E-state index contributed by atoms with van der Waals surface area (Å²) in [7, 11) is -3.38. The second-order valence-electron chi connectivity index (χ2n) is 4.48. The van der Waals surface area contributed by atoms with E-state index in [-0.39, 0.29) is 0 Å². The van der Waals surface area contributed by atoms with Crippen molar-refractivity contribution in [3.8, 4) is 0 Å². The van der Waals surface area contributed by atoms with E-state index in [9.17, 15) is 28.4 Å². The molecule has 1 aromatic rings. The molecule has 0 fully saturated rings. The monoisotopic (exact) mass is 317 g/mol. The Balaban J connectivity index is 3.49. The molecule has 3 N–H and O–H groups in total. The van der Waals surface area contributed by atoms with E-state index in [1.54, 1.807) is 0 Å². The normalized spacial score (nSPS) is 14.7. The van der Waals surface area contributed by atoms with Gasteiger partial charge in [0.25, 0.3) is 15.7 Å². The molecule has 1 atom stereocenters. The van der Waals surface area contributed by atoms with E-state index in [1.165, 1.54) is 12.1 Å². The van der Waals surface area contributed by atoms with Crippen LogP contribution < -0.4 is 5.73 Å². The Kier molecular flexibility index (Phi) is 4.66. The summed E-state index contributed by atoms with van der Waals surface area (Å²) in [4.78, 5) is 20.8. The van der Waals surface area contributed by atoms with Gasteiger partial charge in [-0.05, 0) is 13.0 Å². The third-order valence-electron chi connectivity index (χ3n) is 3.25. The number of hydrogen-bond donors (Lipinski definition) is 2. The molecule has 1 unspecified atom stereocenters. The smallest absolute Gasteiger partial charge is 0.326 e. The quantitative estimate of drug-likeness (QED) is 0.555. The molecule has 0 amide bonds. The molecular weight excluding hydrogens is 302 g/mol. The number of carbonyl (C=O) groups is 1. The number of benzene rings is 1. The lowest BCUT2D eigenvalue weighted by atomic mass is 10.0. The fourth-order valence-corrected chi connectivity index (χ4v) is 3.23. The van der Waals surface area contributed by atoms with Crippen LogP contribution in [-0.4, -0.2) is 47.9 Å². The zero-order valence-electron chi connectivity index (χ0n) is 11.4. The minimum absolute atomic E-state index is 0.487. The molecule has 0 aromatic heterocycles. The summed E-state index contributed by atoms with van der Waals surface area (Å²) in [6, 6.07) is 4.70. The fraction of sp³-hybridized carbons (Fsp3) is 0.364. The Bertz CT molecular complexity index is 674. The third kappa shape index (κ3) is 2.86. The van der Waals surface area contributed by atoms with Crippen LogP contribution >= 0.6 is 0 Å². The van der Waals surface area contributed by atoms with Crippen LogP contribution in [0.2, 0.25) is 0 Å². The van der Waals surface area contributed by atoms with Gasteiger partial charge in [0.05, 0.1) is 4.92 Å². The van der Waals surface area contributed by atoms with Gasteiger partial charge in [-0.15, -0.1) is 0 Å². The highest BCUT2D eigenvalue weighted by Gasteiger charge is 2.44. The number of nitrogens with zero attached hydrogens (tertiary/aromatic N) is 2. The Hall–Kier alpha value is -2.04. The lowest BCUT2D eigenvalue weighted by Gasteiger charge is -2.32. The summed E-state index contributed by atoms with van der Waals surface area (Å²) in [6.45, 7) is 0.639. The number of rotatable bonds is 6. The van der Waals surface area contributed by atoms with Crippen LogP contribution in [0.15, 0.2) is 29.2 Å². The zero-order valence-corrected chi connectivity index (χ0v) is 12.2. The number of carboxylic acids is 1. The predicted octanol–water partition coefficient (Wildman–Crippen LogP) is 0.0173. The Morgan fingerprint density at radius 3 is 2.43 bits per heavy atom. The van der Waals surface area contributed by atoms with Crippen molar-refractivity contribution in [2.24, 2.45) is 5.73 Å². The van der Waals surface area contributed by atoms with Crippen molar-refractivity contribution in [2.75, 3.05) is 13.6 Å². The average molecular weight is 317 g/mol. The first-order valence-electron chi connectivity index (χ1n) is 5.75. The minimum Gasteiger partial charge on any atom is -0.480 e. The van der Waals surface area contributed by atoms with Gasteiger partial charge in [0, 0.05) is 19.7 Å². The topological polar surface area (TPSA) is 144 Å². The van der Waals surface area contributed by atoms with E-state index in [4.69, 9.17) is 5.73 Å². The van der Waals surface area contributed by atoms with Crippen LogP contribution in [0.4, 0.5) is 5.69 Å². The molecule has 0 saturated carbocycles. The minimum atomic E-state index is -4.40. The lowest BCUT2D eigenvalue weighted by molar-refractivity contribution is -0.387. The number of sulfonamides is 1. The third-order valence-corrected chi connectivity index (χ3v) is 5.28. The molecular formula is C11H15N3O6S. The van der Waals surface area contributed by atoms with Crippen LogP contribution in [0.5, 0.6) is 0 Å². The van der Waals surface area contributed by atoms with Crippen LogP contribution in [-0.2, 0) is 14.8 Å². The highest BCUT2D eigenvalue weighted by atomic mass is 32.2. The number of nitrogens with two attached hydrogens (primary N) is 1. The van der Waals surface area contributed by atoms with E-state index in [1.807, 2.05) is 0 Å². The number of hydrogen-bond acceptors (Lipinski definition) is 6. The second-order valence-corrected chi connectivity index (χ2v) is 6.42. The molecule has 0 aliphatic heterocycles. The maximum atomic E-state index is 12.5. The largest absolute Gasteiger partial charge is 0.480 e. The maximum absolute atomic E-state index is 12.5. The molecule has 9 nitrogen and oxygen atoms in total. The number of nitro benzene ring substituents is 1. The highest BCUT2D eigenvalue weighted by Crippen LogP contribution is 2.29. The van der Waals surface area contributed by atoms with Gasteiger partial charge in [0.1, 0.15) is 5.54 Å².